The molecule has 0 bridgehead atoms. The zero-order valence-corrected chi connectivity index (χ0v) is 15.0. The average molecular weight is 366 g/mol. The van der Waals surface area contributed by atoms with E-state index in [4.69, 9.17) is 4.74 Å². The predicted octanol–water partition coefficient (Wildman–Crippen LogP) is 2.76. The molecule has 0 spiro atoms. The number of aryl methyl sites for hydroxylation is 1. The molecule has 8 heteroatoms. The Morgan fingerprint density at radius 1 is 1.46 bits per heavy atom. The molecule has 1 aromatic heterocycles. The van der Waals surface area contributed by atoms with Gasteiger partial charge in [-0.05, 0) is 42.5 Å². The summed E-state index contributed by atoms with van der Waals surface area (Å²) in [7, 11) is -3.64. The molecule has 0 saturated heterocycles. The first-order valence-corrected chi connectivity index (χ1v) is 9.90. The van der Waals surface area contributed by atoms with Crippen molar-refractivity contribution in [1.82, 2.24) is 0 Å². The Morgan fingerprint density at radius 3 is 2.92 bits per heavy atom. The van der Waals surface area contributed by atoms with E-state index >= 15 is 0 Å². The van der Waals surface area contributed by atoms with Gasteiger partial charge in [-0.1, -0.05) is 12.1 Å². The van der Waals surface area contributed by atoms with Gasteiger partial charge in [-0.2, -0.15) is 0 Å². The summed E-state index contributed by atoms with van der Waals surface area (Å²) in [6.07, 6.45) is 0.476. The molecule has 24 heavy (non-hydrogen) atoms. The van der Waals surface area contributed by atoms with Crippen molar-refractivity contribution in [3.63, 3.8) is 0 Å². The number of rotatable bonds is 5. The van der Waals surface area contributed by atoms with Gasteiger partial charge in [-0.15, -0.1) is 11.3 Å². The molecule has 2 aromatic rings. The van der Waals surface area contributed by atoms with Crippen LogP contribution in [0.15, 0.2) is 33.9 Å². The molecule has 1 aliphatic rings. The Balaban J connectivity index is 1.91. The van der Waals surface area contributed by atoms with Crippen molar-refractivity contribution in [1.29, 1.82) is 0 Å². The van der Waals surface area contributed by atoms with Gasteiger partial charge in [0.15, 0.2) is 0 Å². The molecule has 1 aromatic carbocycles. The standard InChI is InChI=1S/C16H18N2O4S2/c1-3-22-16(19)13-9-11-7-10(2)8-12(15(11)17-13)18-24(20,21)14-5-4-6-23-14/h4-8,13,17-18H,3,9H2,1-2H3. The van der Waals surface area contributed by atoms with Crippen LogP contribution in [0.5, 0.6) is 0 Å². The number of fused-ring (bicyclic) bond motifs is 1. The van der Waals surface area contributed by atoms with Crippen molar-refractivity contribution in [3.8, 4) is 0 Å². The number of benzene rings is 1. The highest BCUT2D eigenvalue weighted by molar-refractivity contribution is 7.94. The first kappa shape index (κ1) is 16.8. The van der Waals surface area contributed by atoms with E-state index in [2.05, 4.69) is 10.0 Å². The second kappa shape index (κ2) is 6.45. The lowest BCUT2D eigenvalue weighted by Gasteiger charge is -2.14. The largest absolute Gasteiger partial charge is 0.464 e. The van der Waals surface area contributed by atoms with Crippen molar-refractivity contribution >= 4 is 38.7 Å². The summed E-state index contributed by atoms with van der Waals surface area (Å²) in [5.41, 5.74) is 2.91. The third-order valence-electron chi connectivity index (χ3n) is 3.68. The van der Waals surface area contributed by atoms with Crippen LogP contribution in [0.25, 0.3) is 0 Å². The van der Waals surface area contributed by atoms with Crippen LogP contribution in [0.1, 0.15) is 18.1 Å². The van der Waals surface area contributed by atoms with E-state index in [-0.39, 0.29) is 10.2 Å². The van der Waals surface area contributed by atoms with Gasteiger partial charge in [0.05, 0.1) is 18.0 Å². The van der Waals surface area contributed by atoms with Crippen LogP contribution in [0, 0.1) is 6.92 Å². The topological polar surface area (TPSA) is 84.5 Å². The highest BCUT2D eigenvalue weighted by atomic mass is 32.2. The molecule has 0 radical (unpaired) electrons. The number of carbonyl (C=O) groups is 1. The zero-order chi connectivity index (χ0) is 17.3. The molecular weight excluding hydrogens is 348 g/mol. The molecule has 6 nitrogen and oxygen atoms in total. The SMILES string of the molecule is CCOC(=O)C1Cc2cc(C)cc(NS(=O)(=O)c3cccs3)c2N1. The van der Waals surface area contributed by atoms with E-state index in [1.807, 2.05) is 13.0 Å². The van der Waals surface area contributed by atoms with E-state index in [0.717, 1.165) is 22.5 Å². The number of hydrogen-bond acceptors (Lipinski definition) is 6. The number of hydrogen-bond donors (Lipinski definition) is 2. The molecule has 0 aliphatic carbocycles. The number of anilines is 2. The van der Waals surface area contributed by atoms with Crippen molar-refractivity contribution in [2.24, 2.45) is 0 Å². The number of esters is 1. The Labute approximate surface area is 144 Å². The maximum Gasteiger partial charge on any atom is 0.328 e. The maximum absolute atomic E-state index is 12.5. The van der Waals surface area contributed by atoms with Crippen LogP contribution in [0.4, 0.5) is 11.4 Å². The predicted molar refractivity (Wildman–Crippen MR) is 94.1 cm³/mol. The molecule has 3 rings (SSSR count). The third kappa shape index (κ3) is 3.25. The molecule has 2 N–H and O–H groups in total. The van der Waals surface area contributed by atoms with Gasteiger partial charge in [0.25, 0.3) is 10.0 Å². The summed E-state index contributed by atoms with van der Waals surface area (Å²) in [5.74, 6) is -0.335. The van der Waals surface area contributed by atoms with Crippen molar-refractivity contribution in [2.45, 2.75) is 30.5 Å². The fourth-order valence-electron chi connectivity index (χ4n) is 2.72. The Kier molecular flexibility index (Phi) is 4.51. The highest BCUT2D eigenvalue weighted by Crippen LogP contribution is 2.36. The lowest BCUT2D eigenvalue weighted by Crippen LogP contribution is -2.29. The van der Waals surface area contributed by atoms with E-state index < -0.39 is 16.1 Å². The first-order chi connectivity index (χ1) is 11.4. The number of ether oxygens (including phenoxy) is 1. The highest BCUT2D eigenvalue weighted by Gasteiger charge is 2.31. The van der Waals surface area contributed by atoms with E-state index in [1.165, 1.54) is 0 Å². The van der Waals surface area contributed by atoms with Crippen molar-refractivity contribution in [2.75, 3.05) is 16.6 Å². The average Bonchev–Trinajstić information content (AvgIpc) is 3.16. The molecule has 1 unspecified atom stereocenters. The van der Waals surface area contributed by atoms with Crippen molar-refractivity contribution < 1.29 is 17.9 Å². The smallest absolute Gasteiger partial charge is 0.328 e. The van der Waals surface area contributed by atoms with Crippen LogP contribution in [0.2, 0.25) is 0 Å². The number of thiophene rings is 1. The molecule has 0 saturated carbocycles. The van der Waals surface area contributed by atoms with Crippen LogP contribution < -0.4 is 10.0 Å². The van der Waals surface area contributed by atoms with Gasteiger partial charge >= 0.3 is 5.97 Å². The minimum Gasteiger partial charge on any atom is -0.464 e. The van der Waals surface area contributed by atoms with E-state index in [1.54, 1.807) is 30.5 Å². The van der Waals surface area contributed by atoms with Gasteiger partial charge in [0.2, 0.25) is 0 Å². The zero-order valence-electron chi connectivity index (χ0n) is 13.3. The van der Waals surface area contributed by atoms with Crippen LogP contribution in [-0.4, -0.2) is 27.0 Å². The Morgan fingerprint density at radius 2 is 2.25 bits per heavy atom. The Hall–Kier alpha value is -2.06. The second-order valence-electron chi connectivity index (χ2n) is 5.54. The fraction of sp³-hybridized carbons (Fsp3) is 0.312. The summed E-state index contributed by atoms with van der Waals surface area (Å²) >= 11 is 1.15. The number of nitrogens with one attached hydrogen (secondary N) is 2. The Bertz CT molecular complexity index is 860. The van der Waals surface area contributed by atoms with Gasteiger partial charge in [0.1, 0.15) is 10.3 Å². The quantitative estimate of drug-likeness (QED) is 0.795. The summed E-state index contributed by atoms with van der Waals surface area (Å²) in [6, 6.07) is 6.45. The normalized spacial score (nSPS) is 16.3. The maximum atomic E-state index is 12.5. The summed E-state index contributed by atoms with van der Waals surface area (Å²) < 4.78 is 32.9. The summed E-state index contributed by atoms with van der Waals surface area (Å²) in [6.45, 7) is 3.95. The number of sulfonamides is 1. The van der Waals surface area contributed by atoms with Gasteiger partial charge in [0, 0.05) is 6.42 Å². The van der Waals surface area contributed by atoms with Gasteiger partial charge < -0.3 is 10.1 Å². The monoisotopic (exact) mass is 366 g/mol. The molecule has 0 amide bonds. The molecule has 128 valence electrons. The lowest BCUT2D eigenvalue weighted by atomic mass is 10.1. The van der Waals surface area contributed by atoms with Crippen LogP contribution >= 0.6 is 11.3 Å². The van der Waals surface area contributed by atoms with Crippen LogP contribution in [-0.2, 0) is 26.0 Å². The molecule has 2 heterocycles. The summed E-state index contributed by atoms with van der Waals surface area (Å²) in [5, 5.41) is 4.80. The van der Waals surface area contributed by atoms with Gasteiger partial charge in [-0.25, -0.2) is 13.2 Å². The molecule has 1 aliphatic heterocycles. The van der Waals surface area contributed by atoms with Crippen molar-refractivity contribution in [3.05, 3.63) is 40.8 Å². The number of carbonyl (C=O) groups excluding carboxylic acids is 1. The fourth-order valence-corrected chi connectivity index (χ4v) is 4.77. The lowest BCUT2D eigenvalue weighted by molar-refractivity contribution is -0.143. The minimum absolute atomic E-state index is 0.248. The second-order valence-corrected chi connectivity index (χ2v) is 8.39. The van der Waals surface area contributed by atoms with E-state index in [9.17, 15) is 13.2 Å². The minimum atomic E-state index is -3.64. The molecular formula is C16H18N2O4S2. The third-order valence-corrected chi connectivity index (χ3v) is 6.45. The van der Waals surface area contributed by atoms with E-state index in [0.29, 0.717) is 24.4 Å². The molecule has 1 atom stereocenters. The van der Waals surface area contributed by atoms with Gasteiger partial charge in [-0.3, -0.25) is 4.72 Å². The molecule has 0 fully saturated rings. The summed E-state index contributed by atoms with van der Waals surface area (Å²) in [4.78, 5) is 12.0. The van der Waals surface area contributed by atoms with Crippen LogP contribution in [0.3, 0.4) is 0 Å². The first-order valence-electron chi connectivity index (χ1n) is 7.53.